The van der Waals surface area contributed by atoms with Crippen molar-refractivity contribution in [3.05, 3.63) is 45.0 Å². The highest BCUT2D eigenvalue weighted by Crippen LogP contribution is 2.34. The van der Waals surface area contributed by atoms with E-state index in [0.717, 1.165) is 5.56 Å². The zero-order valence-corrected chi connectivity index (χ0v) is 10.4. The number of rotatable bonds is 5. The Morgan fingerprint density at radius 3 is 2.69 bits per heavy atom. The molecule has 1 rings (SSSR count). The van der Waals surface area contributed by atoms with E-state index in [9.17, 15) is 10.1 Å². The van der Waals surface area contributed by atoms with Crippen LogP contribution < -0.4 is 5.73 Å². The van der Waals surface area contributed by atoms with Gasteiger partial charge in [-0.25, -0.2) is 0 Å². The number of benzene rings is 1. The lowest BCUT2D eigenvalue weighted by atomic mass is 10.1. The summed E-state index contributed by atoms with van der Waals surface area (Å²) >= 11 is 7.36. The van der Waals surface area contributed by atoms with E-state index in [4.69, 9.17) is 17.3 Å². The molecule has 6 heteroatoms. The van der Waals surface area contributed by atoms with Gasteiger partial charge < -0.3 is 5.73 Å². The van der Waals surface area contributed by atoms with Crippen molar-refractivity contribution in [2.45, 2.75) is 17.5 Å². The minimum atomic E-state index is -0.344. The topological polar surface area (TPSA) is 69.2 Å². The number of halogens is 1. The maximum atomic E-state index is 10.6. The van der Waals surface area contributed by atoms with Crippen molar-refractivity contribution < 1.29 is 4.92 Å². The van der Waals surface area contributed by atoms with Crippen molar-refractivity contribution in [1.82, 2.24) is 0 Å². The van der Waals surface area contributed by atoms with Crippen LogP contribution in [-0.2, 0) is 0 Å². The van der Waals surface area contributed by atoms with E-state index < -0.39 is 0 Å². The van der Waals surface area contributed by atoms with Crippen LogP contribution in [0, 0.1) is 10.1 Å². The normalized spacial score (nSPS) is 14.4. The van der Waals surface area contributed by atoms with Crippen molar-refractivity contribution >= 4 is 23.4 Å². The fraction of sp³-hybridized carbons (Fsp3) is 0.400. The smallest absolute Gasteiger partial charge is 0.219 e. The second-order valence-corrected chi connectivity index (χ2v) is 5.36. The highest BCUT2D eigenvalue weighted by molar-refractivity contribution is 8.00. The molecule has 0 radical (unpaired) electrons. The van der Waals surface area contributed by atoms with Crippen LogP contribution in [0.15, 0.2) is 24.3 Å². The largest absolute Gasteiger partial charge is 0.320 e. The van der Waals surface area contributed by atoms with Gasteiger partial charge in [0.05, 0.1) is 5.25 Å². The van der Waals surface area contributed by atoms with E-state index in [-0.39, 0.29) is 22.1 Å². The third kappa shape index (κ3) is 4.00. The third-order valence-corrected chi connectivity index (χ3v) is 3.45. The Bertz CT molecular complexity index is 374. The van der Waals surface area contributed by atoms with Gasteiger partial charge in [0.15, 0.2) is 0 Å². The summed E-state index contributed by atoms with van der Waals surface area (Å²) in [6, 6.07) is 7.14. The van der Waals surface area contributed by atoms with Crippen LogP contribution in [-0.4, -0.2) is 16.8 Å². The number of nitro groups is 1. The fourth-order valence-corrected chi connectivity index (χ4v) is 2.76. The van der Waals surface area contributed by atoms with Crippen LogP contribution in [0.3, 0.4) is 0 Å². The zero-order valence-electron chi connectivity index (χ0n) is 8.80. The standard InChI is InChI=1S/C10H13ClN2O2S/c1-7(12)16-10(6-13(14)15)8-4-2-3-5-9(8)11/h2-5,7,10H,6,12H2,1H3. The molecule has 0 aromatic heterocycles. The van der Waals surface area contributed by atoms with Gasteiger partial charge in [-0.2, -0.15) is 0 Å². The Balaban J connectivity index is 2.91. The average molecular weight is 261 g/mol. The minimum absolute atomic E-state index is 0.166. The Morgan fingerprint density at radius 1 is 1.56 bits per heavy atom. The zero-order chi connectivity index (χ0) is 12.1. The second-order valence-electron chi connectivity index (χ2n) is 3.37. The molecule has 0 heterocycles. The van der Waals surface area contributed by atoms with Crippen LogP contribution in [0.5, 0.6) is 0 Å². The number of thioether (sulfide) groups is 1. The first kappa shape index (κ1) is 13.3. The molecule has 0 aliphatic carbocycles. The summed E-state index contributed by atoms with van der Waals surface area (Å²) in [5, 5.41) is 10.7. The first-order valence-electron chi connectivity index (χ1n) is 4.78. The van der Waals surface area contributed by atoms with Gasteiger partial charge in [-0.3, -0.25) is 10.1 Å². The van der Waals surface area contributed by atoms with Gasteiger partial charge in [0, 0.05) is 15.3 Å². The summed E-state index contributed by atoms with van der Waals surface area (Å²) in [4.78, 5) is 10.2. The molecule has 0 aliphatic heterocycles. The van der Waals surface area contributed by atoms with Crippen LogP contribution in [0.2, 0.25) is 5.02 Å². The molecule has 1 aromatic rings. The van der Waals surface area contributed by atoms with Crippen molar-refractivity contribution in [1.29, 1.82) is 0 Å². The Morgan fingerprint density at radius 2 is 2.19 bits per heavy atom. The van der Waals surface area contributed by atoms with E-state index in [2.05, 4.69) is 0 Å². The Hall–Kier alpha value is -0.780. The van der Waals surface area contributed by atoms with Gasteiger partial charge in [-0.15, -0.1) is 11.8 Å². The van der Waals surface area contributed by atoms with Crippen LogP contribution >= 0.6 is 23.4 Å². The number of hydrogen-bond donors (Lipinski definition) is 1. The minimum Gasteiger partial charge on any atom is -0.320 e. The first-order chi connectivity index (χ1) is 7.50. The van der Waals surface area contributed by atoms with Gasteiger partial charge in [-0.05, 0) is 18.6 Å². The van der Waals surface area contributed by atoms with Crippen LogP contribution in [0.4, 0.5) is 0 Å². The molecule has 2 unspecified atom stereocenters. The molecular weight excluding hydrogens is 248 g/mol. The number of nitrogens with zero attached hydrogens (tertiary/aromatic N) is 1. The molecule has 0 saturated carbocycles. The predicted molar refractivity (Wildman–Crippen MR) is 67.3 cm³/mol. The molecular formula is C10H13ClN2O2S. The van der Waals surface area contributed by atoms with Crippen LogP contribution in [0.25, 0.3) is 0 Å². The SMILES string of the molecule is CC(N)SC(C[N+](=O)[O-])c1ccccc1Cl. The van der Waals surface area contributed by atoms with Crippen molar-refractivity contribution in [3.8, 4) is 0 Å². The van der Waals surface area contributed by atoms with E-state index in [0.29, 0.717) is 5.02 Å². The Kier molecular flexibility index (Phi) is 5.05. The molecule has 0 saturated heterocycles. The molecule has 2 atom stereocenters. The van der Waals surface area contributed by atoms with E-state index in [1.807, 2.05) is 6.07 Å². The second kappa shape index (κ2) is 6.08. The molecule has 0 bridgehead atoms. The summed E-state index contributed by atoms with van der Waals surface area (Å²) in [7, 11) is 0. The van der Waals surface area contributed by atoms with E-state index in [1.54, 1.807) is 25.1 Å². The Labute approximate surface area is 103 Å². The molecule has 1 aromatic carbocycles. The molecule has 2 N–H and O–H groups in total. The molecule has 88 valence electrons. The summed E-state index contributed by atoms with van der Waals surface area (Å²) in [5.41, 5.74) is 6.42. The number of hydrogen-bond acceptors (Lipinski definition) is 4. The summed E-state index contributed by atoms with van der Waals surface area (Å²) < 4.78 is 0. The summed E-state index contributed by atoms with van der Waals surface area (Å²) in [6.45, 7) is 1.63. The van der Waals surface area contributed by atoms with Gasteiger partial charge in [0.1, 0.15) is 0 Å². The lowest BCUT2D eigenvalue weighted by Crippen LogP contribution is -2.17. The van der Waals surface area contributed by atoms with Crippen molar-refractivity contribution in [2.24, 2.45) is 5.73 Å². The quantitative estimate of drug-likeness (QED) is 0.502. The summed E-state index contributed by atoms with van der Waals surface area (Å²) in [6.07, 6.45) is 0. The highest BCUT2D eigenvalue weighted by atomic mass is 35.5. The van der Waals surface area contributed by atoms with Gasteiger partial charge in [0.25, 0.3) is 0 Å². The molecule has 4 nitrogen and oxygen atoms in total. The number of nitrogens with two attached hydrogens (primary N) is 1. The maximum absolute atomic E-state index is 10.6. The van der Waals surface area contributed by atoms with Crippen LogP contribution in [0.1, 0.15) is 17.7 Å². The molecule has 0 aliphatic rings. The molecule has 16 heavy (non-hydrogen) atoms. The maximum Gasteiger partial charge on any atom is 0.219 e. The molecule has 0 amide bonds. The van der Waals surface area contributed by atoms with Gasteiger partial charge >= 0.3 is 0 Å². The molecule has 0 fully saturated rings. The van der Waals surface area contributed by atoms with E-state index >= 15 is 0 Å². The monoisotopic (exact) mass is 260 g/mol. The predicted octanol–water partition coefficient (Wildman–Crippen LogP) is 2.70. The van der Waals surface area contributed by atoms with Crippen molar-refractivity contribution in [3.63, 3.8) is 0 Å². The first-order valence-corrected chi connectivity index (χ1v) is 6.10. The van der Waals surface area contributed by atoms with Gasteiger partial charge in [-0.1, -0.05) is 29.8 Å². The lowest BCUT2D eigenvalue weighted by Gasteiger charge is -2.16. The third-order valence-electron chi connectivity index (χ3n) is 1.95. The fourth-order valence-electron chi connectivity index (χ4n) is 1.35. The van der Waals surface area contributed by atoms with Gasteiger partial charge in [0.2, 0.25) is 6.54 Å². The molecule has 0 spiro atoms. The highest BCUT2D eigenvalue weighted by Gasteiger charge is 2.21. The lowest BCUT2D eigenvalue weighted by molar-refractivity contribution is -0.479. The van der Waals surface area contributed by atoms with Crippen molar-refractivity contribution in [2.75, 3.05) is 6.54 Å². The van der Waals surface area contributed by atoms with E-state index in [1.165, 1.54) is 11.8 Å². The average Bonchev–Trinajstić information content (AvgIpc) is 2.15. The summed E-state index contributed by atoms with van der Waals surface area (Å²) in [5.74, 6) is 0.